The Morgan fingerprint density at radius 1 is 1.00 bits per heavy atom. The first-order valence-corrected chi connectivity index (χ1v) is 9.23. The highest BCUT2D eigenvalue weighted by atomic mass is 16.5. The van der Waals surface area contributed by atoms with Crippen LogP contribution in [-0.2, 0) is 6.54 Å². The summed E-state index contributed by atoms with van der Waals surface area (Å²) in [4.78, 5) is 21.2. The molecule has 28 heavy (non-hydrogen) atoms. The molecule has 0 unspecified atom stereocenters. The van der Waals surface area contributed by atoms with Crippen LogP contribution >= 0.6 is 0 Å². The fourth-order valence-corrected chi connectivity index (χ4v) is 2.65. The van der Waals surface area contributed by atoms with E-state index in [0.717, 1.165) is 17.0 Å². The molecule has 1 aromatic heterocycles. The van der Waals surface area contributed by atoms with Gasteiger partial charge in [-0.25, -0.2) is 9.97 Å². The van der Waals surface area contributed by atoms with E-state index < -0.39 is 0 Å². The van der Waals surface area contributed by atoms with Crippen molar-refractivity contribution in [2.24, 2.45) is 0 Å². The van der Waals surface area contributed by atoms with E-state index in [0.29, 0.717) is 30.5 Å². The van der Waals surface area contributed by atoms with E-state index in [-0.39, 0.29) is 5.91 Å². The standard InChI is InChI=1S/C22H24N4O2/c1-4-28-19-11-9-18(10-12-19)25-22-24-16(3)13-20(26-22)21(27)23-14-17-7-5-15(2)6-8-17/h5-13H,4,14H2,1-3H3,(H,23,27)(H,24,25,26). The van der Waals surface area contributed by atoms with Crippen LogP contribution in [0.1, 0.15) is 34.2 Å². The minimum absolute atomic E-state index is 0.235. The van der Waals surface area contributed by atoms with Crippen LogP contribution in [0.4, 0.5) is 11.6 Å². The normalized spacial score (nSPS) is 10.4. The molecular formula is C22H24N4O2. The van der Waals surface area contributed by atoms with Gasteiger partial charge in [0.1, 0.15) is 11.4 Å². The predicted molar refractivity (Wildman–Crippen MR) is 110 cm³/mol. The lowest BCUT2D eigenvalue weighted by molar-refractivity contribution is 0.0945. The van der Waals surface area contributed by atoms with Gasteiger partial charge in [0.05, 0.1) is 6.61 Å². The van der Waals surface area contributed by atoms with Crippen molar-refractivity contribution in [1.82, 2.24) is 15.3 Å². The van der Waals surface area contributed by atoms with Crippen LogP contribution < -0.4 is 15.4 Å². The molecule has 2 aromatic carbocycles. The molecule has 0 aliphatic rings. The molecule has 0 saturated heterocycles. The lowest BCUT2D eigenvalue weighted by Gasteiger charge is -2.10. The minimum Gasteiger partial charge on any atom is -0.494 e. The number of anilines is 2. The van der Waals surface area contributed by atoms with Crippen LogP contribution in [-0.4, -0.2) is 22.5 Å². The number of carbonyl (C=O) groups excluding carboxylic acids is 1. The number of hydrogen-bond acceptors (Lipinski definition) is 5. The third-order valence-corrected chi connectivity index (χ3v) is 4.08. The van der Waals surface area contributed by atoms with Gasteiger partial charge in [-0.05, 0) is 56.7 Å². The third kappa shape index (κ3) is 5.30. The molecule has 0 radical (unpaired) electrons. The van der Waals surface area contributed by atoms with Gasteiger partial charge in [-0.1, -0.05) is 29.8 Å². The topological polar surface area (TPSA) is 76.1 Å². The van der Waals surface area contributed by atoms with Gasteiger partial charge < -0.3 is 15.4 Å². The van der Waals surface area contributed by atoms with Crippen LogP contribution in [0.3, 0.4) is 0 Å². The average Bonchev–Trinajstić information content (AvgIpc) is 2.68. The van der Waals surface area contributed by atoms with Crippen molar-refractivity contribution in [3.8, 4) is 5.75 Å². The Labute approximate surface area is 165 Å². The van der Waals surface area contributed by atoms with E-state index in [2.05, 4.69) is 20.6 Å². The molecule has 0 aliphatic carbocycles. The van der Waals surface area contributed by atoms with Crippen molar-refractivity contribution in [3.63, 3.8) is 0 Å². The zero-order chi connectivity index (χ0) is 19.9. The Balaban J connectivity index is 1.67. The number of ether oxygens (including phenoxy) is 1. The molecular weight excluding hydrogens is 352 g/mol. The first kappa shape index (κ1) is 19.4. The lowest BCUT2D eigenvalue weighted by atomic mass is 10.1. The summed E-state index contributed by atoms with van der Waals surface area (Å²) in [6, 6.07) is 17.2. The summed E-state index contributed by atoms with van der Waals surface area (Å²) in [7, 11) is 0. The van der Waals surface area contributed by atoms with Gasteiger partial charge in [-0.2, -0.15) is 0 Å². The van der Waals surface area contributed by atoms with Gasteiger partial charge in [0.25, 0.3) is 5.91 Å². The second kappa shape index (κ2) is 8.99. The largest absolute Gasteiger partial charge is 0.494 e. The van der Waals surface area contributed by atoms with Gasteiger partial charge >= 0.3 is 0 Å². The van der Waals surface area contributed by atoms with E-state index >= 15 is 0 Å². The number of nitrogens with one attached hydrogen (secondary N) is 2. The molecule has 3 aromatic rings. The van der Waals surface area contributed by atoms with Crippen molar-refractivity contribution in [2.45, 2.75) is 27.3 Å². The Morgan fingerprint density at radius 3 is 2.39 bits per heavy atom. The van der Waals surface area contributed by atoms with Crippen molar-refractivity contribution >= 4 is 17.5 Å². The van der Waals surface area contributed by atoms with E-state index in [1.807, 2.05) is 69.3 Å². The number of nitrogens with zero attached hydrogens (tertiary/aromatic N) is 2. The van der Waals surface area contributed by atoms with Crippen LogP contribution in [0, 0.1) is 13.8 Å². The maximum atomic E-state index is 12.5. The summed E-state index contributed by atoms with van der Waals surface area (Å²) in [5, 5.41) is 6.03. The summed E-state index contributed by atoms with van der Waals surface area (Å²) in [6.45, 7) is 6.88. The third-order valence-electron chi connectivity index (χ3n) is 4.08. The lowest BCUT2D eigenvalue weighted by Crippen LogP contribution is -2.24. The number of benzene rings is 2. The zero-order valence-electron chi connectivity index (χ0n) is 16.3. The van der Waals surface area contributed by atoms with Crippen molar-refractivity contribution in [3.05, 3.63) is 77.1 Å². The monoisotopic (exact) mass is 376 g/mol. The Hall–Kier alpha value is -3.41. The molecule has 6 heteroatoms. The Bertz CT molecular complexity index is 938. The number of carbonyl (C=O) groups is 1. The molecule has 2 N–H and O–H groups in total. The van der Waals surface area contributed by atoms with Crippen LogP contribution in [0.5, 0.6) is 5.75 Å². The van der Waals surface area contributed by atoms with E-state index in [1.54, 1.807) is 6.07 Å². The van der Waals surface area contributed by atoms with E-state index in [9.17, 15) is 4.79 Å². The summed E-state index contributed by atoms with van der Waals surface area (Å²) < 4.78 is 5.44. The molecule has 3 rings (SSSR count). The van der Waals surface area contributed by atoms with Crippen LogP contribution in [0.2, 0.25) is 0 Å². The minimum atomic E-state index is -0.235. The number of rotatable bonds is 7. The summed E-state index contributed by atoms with van der Waals surface area (Å²) in [5.74, 6) is 0.944. The quantitative estimate of drug-likeness (QED) is 0.647. The number of hydrogen-bond donors (Lipinski definition) is 2. The second-order valence-electron chi connectivity index (χ2n) is 6.47. The summed E-state index contributed by atoms with van der Waals surface area (Å²) in [6.07, 6.45) is 0. The molecule has 144 valence electrons. The molecule has 0 aliphatic heterocycles. The molecule has 0 spiro atoms. The molecule has 1 amide bonds. The second-order valence-corrected chi connectivity index (χ2v) is 6.47. The molecule has 0 fully saturated rings. The van der Waals surface area contributed by atoms with Gasteiger partial charge in [0.2, 0.25) is 5.95 Å². The van der Waals surface area contributed by atoms with Gasteiger partial charge in [-0.15, -0.1) is 0 Å². The number of amides is 1. The Morgan fingerprint density at radius 2 is 1.71 bits per heavy atom. The summed E-state index contributed by atoms with van der Waals surface area (Å²) in [5.41, 5.74) is 4.08. The number of aromatic nitrogens is 2. The molecule has 0 bridgehead atoms. The highest BCUT2D eigenvalue weighted by Gasteiger charge is 2.11. The van der Waals surface area contributed by atoms with E-state index in [4.69, 9.17) is 4.74 Å². The maximum Gasteiger partial charge on any atom is 0.270 e. The zero-order valence-corrected chi connectivity index (χ0v) is 16.3. The van der Waals surface area contributed by atoms with E-state index in [1.165, 1.54) is 5.56 Å². The van der Waals surface area contributed by atoms with Gasteiger partial charge in [-0.3, -0.25) is 4.79 Å². The summed E-state index contributed by atoms with van der Waals surface area (Å²) >= 11 is 0. The maximum absolute atomic E-state index is 12.5. The van der Waals surface area contributed by atoms with Crippen molar-refractivity contribution in [2.75, 3.05) is 11.9 Å². The first-order valence-electron chi connectivity index (χ1n) is 9.23. The first-order chi connectivity index (χ1) is 13.5. The highest BCUT2D eigenvalue weighted by Crippen LogP contribution is 2.18. The van der Waals surface area contributed by atoms with Crippen LogP contribution in [0.15, 0.2) is 54.6 Å². The van der Waals surface area contributed by atoms with Gasteiger partial charge in [0.15, 0.2) is 0 Å². The highest BCUT2D eigenvalue weighted by molar-refractivity contribution is 5.92. The molecule has 0 atom stereocenters. The van der Waals surface area contributed by atoms with Crippen molar-refractivity contribution < 1.29 is 9.53 Å². The smallest absolute Gasteiger partial charge is 0.270 e. The average molecular weight is 376 g/mol. The molecule has 0 saturated carbocycles. The SMILES string of the molecule is CCOc1ccc(Nc2nc(C)cc(C(=O)NCc3ccc(C)cc3)n2)cc1. The van der Waals surface area contributed by atoms with Gasteiger partial charge in [0, 0.05) is 17.9 Å². The molecule has 1 heterocycles. The number of aryl methyl sites for hydroxylation is 2. The predicted octanol–water partition coefficient (Wildman–Crippen LogP) is 4.17. The fraction of sp³-hybridized carbons (Fsp3) is 0.227. The fourth-order valence-electron chi connectivity index (χ4n) is 2.65. The van der Waals surface area contributed by atoms with Crippen LogP contribution in [0.25, 0.3) is 0 Å². The Kier molecular flexibility index (Phi) is 6.22. The molecule has 6 nitrogen and oxygen atoms in total. The van der Waals surface area contributed by atoms with Crippen molar-refractivity contribution in [1.29, 1.82) is 0 Å².